The number of hydrogen-bond donors (Lipinski definition) is 1. The maximum Gasteiger partial charge on any atom is 0.406 e. The van der Waals surface area contributed by atoms with Gasteiger partial charge in [0.2, 0.25) is 5.91 Å². The predicted molar refractivity (Wildman–Crippen MR) is 64.6 cm³/mol. The third-order valence-corrected chi connectivity index (χ3v) is 3.36. The summed E-state index contributed by atoms with van der Waals surface area (Å²) < 4.78 is 38.0. The second-order valence-corrected chi connectivity index (χ2v) is 4.72. The predicted octanol–water partition coefficient (Wildman–Crippen LogP) is 1.42. The molecule has 0 aromatic heterocycles. The highest BCUT2D eigenvalue weighted by Crippen LogP contribution is 2.33. The highest BCUT2D eigenvalue weighted by Gasteiger charge is 2.50. The van der Waals surface area contributed by atoms with Gasteiger partial charge in [0.05, 0.1) is 6.54 Å². The molecule has 1 N–H and O–H groups in total. The molecule has 108 valence electrons. The van der Waals surface area contributed by atoms with E-state index in [0.29, 0.717) is 10.5 Å². The molecule has 1 heterocycles. The number of nitrogens with one attached hydrogen (secondary N) is 1. The molecule has 0 aliphatic carbocycles. The van der Waals surface area contributed by atoms with E-state index in [1.807, 2.05) is 0 Å². The van der Waals surface area contributed by atoms with E-state index < -0.39 is 36.6 Å². The molecule has 2 rings (SSSR count). The van der Waals surface area contributed by atoms with Crippen LogP contribution in [0.25, 0.3) is 0 Å². The number of alkyl halides is 3. The van der Waals surface area contributed by atoms with Crippen molar-refractivity contribution in [3.8, 4) is 0 Å². The second kappa shape index (κ2) is 4.81. The standard InChI is InChI=1S/C13H13F3N2O2/c1-12(9-5-3-2-4-6-9)11(20)17-7-10(19)18(12)8-13(14,15)16/h2-6H,7-8H2,1H3,(H,17,20). The molecule has 1 aliphatic heterocycles. The maximum atomic E-state index is 12.7. The first kappa shape index (κ1) is 14.4. The third-order valence-electron chi connectivity index (χ3n) is 3.36. The zero-order valence-corrected chi connectivity index (χ0v) is 10.7. The molecule has 1 unspecified atom stereocenters. The van der Waals surface area contributed by atoms with Crippen LogP contribution in [0.15, 0.2) is 30.3 Å². The fourth-order valence-electron chi connectivity index (χ4n) is 2.27. The van der Waals surface area contributed by atoms with Gasteiger partial charge in [-0.25, -0.2) is 0 Å². The van der Waals surface area contributed by atoms with Crippen LogP contribution in [0.5, 0.6) is 0 Å². The molecule has 0 radical (unpaired) electrons. The van der Waals surface area contributed by atoms with Gasteiger partial charge in [-0.05, 0) is 12.5 Å². The van der Waals surface area contributed by atoms with Gasteiger partial charge in [-0.1, -0.05) is 30.3 Å². The Morgan fingerprint density at radius 1 is 1.25 bits per heavy atom. The van der Waals surface area contributed by atoms with Crippen molar-refractivity contribution in [1.82, 2.24) is 10.2 Å². The van der Waals surface area contributed by atoms with Gasteiger partial charge >= 0.3 is 6.18 Å². The first-order valence-corrected chi connectivity index (χ1v) is 5.96. The van der Waals surface area contributed by atoms with E-state index in [2.05, 4.69) is 5.32 Å². The van der Waals surface area contributed by atoms with Crippen molar-refractivity contribution >= 4 is 11.8 Å². The van der Waals surface area contributed by atoms with Gasteiger partial charge in [-0.3, -0.25) is 9.59 Å². The number of hydrogen-bond acceptors (Lipinski definition) is 2. The normalized spacial score (nSPS) is 23.7. The summed E-state index contributed by atoms with van der Waals surface area (Å²) in [5.74, 6) is -1.37. The molecule has 0 bridgehead atoms. The van der Waals surface area contributed by atoms with Crippen LogP contribution < -0.4 is 5.32 Å². The van der Waals surface area contributed by atoms with Crippen LogP contribution >= 0.6 is 0 Å². The van der Waals surface area contributed by atoms with E-state index >= 15 is 0 Å². The first-order valence-electron chi connectivity index (χ1n) is 5.96. The van der Waals surface area contributed by atoms with E-state index in [4.69, 9.17) is 0 Å². The van der Waals surface area contributed by atoms with Gasteiger partial charge in [0.15, 0.2) is 0 Å². The summed E-state index contributed by atoms with van der Waals surface area (Å²) in [5, 5.41) is 2.34. The number of carbonyl (C=O) groups is 2. The molecule has 0 spiro atoms. The number of amides is 2. The molecule has 1 aromatic rings. The van der Waals surface area contributed by atoms with Crippen LogP contribution in [-0.2, 0) is 15.1 Å². The molecule has 2 amide bonds. The topological polar surface area (TPSA) is 49.4 Å². The number of halogens is 3. The average molecular weight is 286 g/mol. The first-order chi connectivity index (χ1) is 9.25. The molecular formula is C13H13F3N2O2. The number of benzene rings is 1. The summed E-state index contributed by atoms with van der Waals surface area (Å²) in [7, 11) is 0. The lowest BCUT2D eigenvalue weighted by Crippen LogP contribution is -2.65. The van der Waals surface area contributed by atoms with Crippen molar-refractivity contribution in [2.45, 2.75) is 18.6 Å². The van der Waals surface area contributed by atoms with E-state index in [0.717, 1.165) is 0 Å². The highest BCUT2D eigenvalue weighted by atomic mass is 19.4. The summed E-state index contributed by atoms with van der Waals surface area (Å²) in [6.07, 6.45) is -4.57. The number of rotatable bonds is 2. The summed E-state index contributed by atoms with van der Waals surface area (Å²) in [4.78, 5) is 24.5. The summed E-state index contributed by atoms with van der Waals surface area (Å²) >= 11 is 0. The Balaban J connectivity index is 2.48. The fourth-order valence-corrected chi connectivity index (χ4v) is 2.27. The molecule has 1 aromatic carbocycles. The molecule has 1 aliphatic rings. The number of piperazine rings is 1. The molecule has 0 saturated carbocycles. The minimum Gasteiger partial charge on any atom is -0.345 e. The van der Waals surface area contributed by atoms with Gasteiger partial charge in [0, 0.05) is 0 Å². The Kier molecular flexibility index (Phi) is 3.45. The van der Waals surface area contributed by atoms with Crippen molar-refractivity contribution in [2.75, 3.05) is 13.1 Å². The van der Waals surface area contributed by atoms with Crippen LogP contribution in [0.3, 0.4) is 0 Å². The van der Waals surface area contributed by atoms with E-state index in [1.54, 1.807) is 18.2 Å². The minimum atomic E-state index is -4.57. The van der Waals surface area contributed by atoms with Crippen LogP contribution in [-0.4, -0.2) is 36.0 Å². The van der Waals surface area contributed by atoms with Gasteiger partial charge in [-0.15, -0.1) is 0 Å². The Hall–Kier alpha value is -2.05. The lowest BCUT2D eigenvalue weighted by molar-refractivity contribution is -0.180. The minimum absolute atomic E-state index is 0.342. The van der Waals surface area contributed by atoms with Crippen LogP contribution in [0.2, 0.25) is 0 Å². The quantitative estimate of drug-likeness (QED) is 0.894. The van der Waals surface area contributed by atoms with Crippen molar-refractivity contribution in [1.29, 1.82) is 0 Å². The number of carbonyl (C=O) groups excluding carboxylic acids is 2. The van der Waals surface area contributed by atoms with Crippen molar-refractivity contribution in [2.24, 2.45) is 0 Å². The highest BCUT2D eigenvalue weighted by molar-refractivity contribution is 5.98. The Bertz CT molecular complexity index is 530. The molecule has 1 fully saturated rings. The Morgan fingerprint density at radius 3 is 2.40 bits per heavy atom. The van der Waals surface area contributed by atoms with Crippen LogP contribution in [0, 0.1) is 0 Å². The summed E-state index contributed by atoms with van der Waals surface area (Å²) in [5.41, 5.74) is -1.32. The zero-order chi connectivity index (χ0) is 15.0. The second-order valence-electron chi connectivity index (χ2n) is 4.72. The molecule has 1 saturated heterocycles. The molecule has 1 atom stereocenters. The molecule has 4 nitrogen and oxygen atoms in total. The SMILES string of the molecule is CC1(c2ccccc2)C(=O)NCC(=O)N1CC(F)(F)F. The van der Waals surface area contributed by atoms with Gasteiger partial charge in [0.25, 0.3) is 5.91 Å². The van der Waals surface area contributed by atoms with E-state index in [-0.39, 0.29) is 0 Å². The molecular weight excluding hydrogens is 273 g/mol. The van der Waals surface area contributed by atoms with Crippen molar-refractivity contribution < 1.29 is 22.8 Å². The average Bonchev–Trinajstić information content (AvgIpc) is 2.39. The van der Waals surface area contributed by atoms with Crippen LogP contribution in [0.1, 0.15) is 12.5 Å². The number of nitrogens with zero attached hydrogens (tertiary/aromatic N) is 1. The maximum absolute atomic E-state index is 12.7. The zero-order valence-electron chi connectivity index (χ0n) is 10.7. The monoisotopic (exact) mass is 286 g/mol. The van der Waals surface area contributed by atoms with Crippen LogP contribution in [0.4, 0.5) is 13.2 Å². The van der Waals surface area contributed by atoms with Gasteiger partial charge in [0.1, 0.15) is 12.1 Å². The smallest absolute Gasteiger partial charge is 0.345 e. The Labute approximate surface area is 113 Å². The van der Waals surface area contributed by atoms with Gasteiger partial charge < -0.3 is 10.2 Å². The fraction of sp³-hybridized carbons (Fsp3) is 0.385. The van der Waals surface area contributed by atoms with Crippen molar-refractivity contribution in [3.05, 3.63) is 35.9 Å². The lowest BCUT2D eigenvalue weighted by Gasteiger charge is -2.43. The van der Waals surface area contributed by atoms with Crippen molar-refractivity contribution in [3.63, 3.8) is 0 Å². The third kappa shape index (κ3) is 2.48. The molecule has 20 heavy (non-hydrogen) atoms. The van der Waals surface area contributed by atoms with Gasteiger partial charge in [-0.2, -0.15) is 13.2 Å². The lowest BCUT2D eigenvalue weighted by atomic mass is 9.87. The Morgan fingerprint density at radius 2 is 1.85 bits per heavy atom. The molecule has 7 heteroatoms. The summed E-state index contributed by atoms with van der Waals surface area (Å²) in [6.45, 7) is -0.553. The summed E-state index contributed by atoms with van der Waals surface area (Å²) in [6, 6.07) is 7.96. The van der Waals surface area contributed by atoms with E-state index in [9.17, 15) is 22.8 Å². The van der Waals surface area contributed by atoms with E-state index in [1.165, 1.54) is 19.1 Å². The largest absolute Gasteiger partial charge is 0.406 e.